The Morgan fingerprint density at radius 1 is 1.50 bits per heavy atom. The second-order valence-electron chi connectivity index (χ2n) is 3.13. The number of ether oxygens (including phenoxy) is 1. The van der Waals surface area contributed by atoms with Gasteiger partial charge >= 0.3 is 5.97 Å². The van der Waals surface area contributed by atoms with Crippen molar-refractivity contribution in [2.45, 2.75) is 0 Å². The van der Waals surface area contributed by atoms with Crippen LogP contribution >= 0.6 is 15.9 Å². The van der Waals surface area contributed by atoms with Gasteiger partial charge in [0.1, 0.15) is 5.52 Å². The smallest absolute Gasteiger partial charge is 0.338 e. The largest absolute Gasteiger partial charge is 0.465 e. The number of nitrogens with zero attached hydrogens (tertiary/aromatic N) is 1. The highest BCUT2D eigenvalue weighted by atomic mass is 79.9. The van der Waals surface area contributed by atoms with Crippen molar-refractivity contribution in [3.05, 3.63) is 40.2 Å². The SMILES string of the molecule is COC(=O)c1ccnc2c(F)cc(Br)cc12. The number of pyridine rings is 1. The Balaban J connectivity index is 2.81. The number of carbonyl (C=O) groups is 1. The standard InChI is InChI=1S/C11H7BrFNO2/c1-16-11(15)7-2-3-14-10-8(7)4-6(12)5-9(10)13/h2-5H,1H3. The van der Waals surface area contributed by atoms with Crippen molar-refractivity contribution in [1.82, 2.24) is 4.98 Å². The fourth-order valence-corrected chi connectivity index (χ4v) is 1.90. The molecule has 0 saturated heterocycles. The normalized spacial score (nSPS) is 10.4. The van der Waals surface area contributed by atoms with Gasteiger partial charge in [0.05, 0.1) is 12.7 Å². The molecular formula is C11H7BrFNO2. The Hall–Kier alpha value is -1.49. The van der Waals surface area contributed by atoms with Gasteiger partial charge in [0, 0.05) is 16.1 Å². The van der Waals surface area contributed by atoms with Crippen molar-refractivity contribution < 1.29 is 13.9 Å². The molecule has 0 atom stereocenters. The first kappa shape index (κ1) is 11.0. The van der Waals surface area contributed by atoms with Crippen LogP contribution in [-0.2, 0) is 4.74 Å². The first-order valence-electron chi connectivity index (χ1n) is 4.45. The molecule has 0 radical (unpaired) electrons. The number of fused-ring (bicyclic) bond motifs is 1. The zero-order chi connectivity index (χ0) is 11.7. The monoisotopic (exact) mass is 283 g/mol. The molecule has 1 aromatic carbocycles. The lowest BCUT2D eigenvalue weighted by Crippen LogP contribution is -2.03. The van der Waals surface area contributed by atoms with Gasteiger partial charge in [0.15, 0.2) is 5.82 Å². The zero-order valence-corrected chi connectivity index (χ0v) is 9.92. The molecule has 3 nitrogen and oxygen atoms in total. The van der Waals surface area contributed by atoms with Crippen molar-refractivity contribution in [2.24, 2.45) is 0 Å². The zero-order valence-electron chi connectivity index (χ0n) is 8.33. The van der Waals surface area contributed by atoms with E-state index < -0.39 is 11.8 Å². The van der Waals surface area contributed by atoms with E-state index >= 15 is 0 Å². The lowest BCUT2D eigenvalue weighted by molar-refractivity contribution is 0.0603. The van der Waals surface area contributed by atoms with Crippen molar-refractivity contribution in [3.63, 3.8) is 0 Å². The Bertz CT molecular complexity index is 571. The van der Waals surface area contributed by atoms with Crippen LogP contribution in [0.1, 0.15) is 10.4 Å². The Labute approximate surface area is 99.4 Å². The molecule has 2 aromatic rings. The number of aromatic nitrogens is 1. The summed E-state index contributed by atoms with van der Waals surface area (Å²) in [5.41, 5.74) is 0.457. The first-order chi connectivity index (χ1) is 7.63. The molecule has 0 aliphatic carbocycles. The summed E-state index contributed by atoms with van der Waals surface area (Å²) in [5, 5.41) is 0.432. The molecule has 82 valence electrons. The summed E-state index contributed by atoms with van der Waals surface area (Å²) in [6.45, 7) is 0. The molecule has 0 unspecified atom stereocenters. The summed E-state index contributed by atoms with van der Waals surface area (Å²) in [6, 6.07) is 4.44. The highest BCUT2D eigenvalue weighted by molar-refractivity contribution is 9.10. The summed E-state index contributed by atoms with van der Waals surface area (Å²) < 4.78 is 18.7. The van der Waals surface area contributed by atoms with E-state index in [-0.39, 0.29) is 5.52 Å². The number of methoxy groups -OCH3 is 1. The summed E-state index contributed by atoms with van der Waals surface area (Å²) in [6.07, 6.45) is 1.38. The topological polar surface area (TPSA) is 39.2 Å². The van der Waals surface area contributed by atoms with Crippen LogP contribution in [-0.4, -0.2) is 18.1 Å². The molecule has 1 heterocycles. The number of carbonyl (C=O) groups excluding carboxylic acids is 1. The van der Waals surface area contributed by atoms with Gasteiger partial charge in [0.2, 0.25) is 0 Å². The molecule has 0 bridgehead atoms. The molecule has 0 saturated carbocycles. The summed E-state index contributed by atoms with van der Waals surface area (Å²) >= 11 is 3.17. The van der Waals surface area contributed by atoms with E-state index in [2.05, 4.69) is 25.7 Å². The number of rotatable bonds is 1. The maximum absolute atomic E-state index is 13.5. The van der Waals surface area contributed by atoms with Gasteiger partial charge in [-0.05, 0) is 18.2 Å². The summed E-state index contributed by atoms with van der Waals surface area (Å²) in [7, 11) is 1.28. The van der Waals surface area contributed by atoms with Crippen LogP contribution < -0.4 is 0 Å². The van der Waals surface area contributed by atoms with Crippen LogP contribution in [0.25, 0.3) is 10.9 Å². The number of hydrogen-bond donors (Lipinski definition) is 0. The third-order valence-corrected chi connectivity index (χ3v) is 2.63. The molecule has 0 N–H and O–H groups in total. The molecule has 1 aromatic heterocycles. The predicted molar refractivity (Wildman–Crippen MR) is 60.7 cm³/mol. The Kier molecular flexibility index (Phi) is 2.87. The average Bonchev–Trinajstić information content (AvgIpc) is 2.27. The van der Waals surface area contributed by atoms with Crippen LogP contribution in [0.3, 0.4) is 0 Å². The van der Waals surface area contributed by atoms with E-state index in [1.165, 1.54) is 25.4 Å². The van der Waals surface area contributed by atoms with Gasteiger partial charge < -0.3 is 4.74 Å². The first-order valence-corrected chi connectivity index (χ1v) is 5.25. The number of esters is 1. The second kappa shape index (κ2) is 4.17. The van der Waals surface area contributed by atoms with Gasteiger partial charge in [-0.3, -0.25) is 4.98 Å². The molecule has 0 aliphatic heterocycles. The third kappa shape index (κ3) is 1.78. The molecular weight excluding hydrogens is 277 g/mol. The van der Waals surface area contributed by atoms with Crippen LogP contribution in [0.4, 0.5) is 4.39 Å². The molecule has 0 aliphatic rings. The van der Waals surface area contributed by atoms with E-state index in [0.717, 1.165) is 0 Å². The average molecular weight is 284 g/mol. The quantitative estimate of drug-likeness (QED) is 0.756. The maximum atomic E-state index is 13.5. The minimum absolute atomic E-state index is 0.158. The molecule has 0 amide bonds. The number of benzene rings is 1. The summed E-state index contributed by atoms with van der Waals surface area (Å²) in [5.74, 6) is -0.986. The maximum Gasteiger partial charge on any atom is 0.338 e. The van der Waals surface area contributed by atoms with Crippen molar-refractivity contribution in [1.29, 1.82) is 0 Å². The number of halogens is 2. The van der Waals surface area contributed by atoms with Gasteiger partial charge in [-0.25, -0.2) is 9.18 Å². The predicted octanol–water partition coefficient (Wildman–Crippen LogP) is 2.92. The van der Waals surface area contributed by atoms with E-state index in [1.54, 1.807) is 6.07 Å². The van der Waals surface area contributed by atoms with Crippen LogP contribution in [0.15, 0.2) is 28.9 Å². The lowest BCUT2D eigenvalue weighted by Gasteiger charge is -2.05. The fourth-order valence-electron chi connectivity index (χ4n) is 1.47. The van der Waals surface area contributed by atoms with Gasteiger partial charge in [-0.1, -0.05) is 15.9 Å². The van der Waals surface area contributed by atoms with Crippen LogP contribution in [0.2, 0.25) is 0 Å². The lowest BCUT2D eigenvalue weighted by atomic mass is 10.1. The fraction of sp³-hybridized carbons (Fsp3) is 0.0909. The second-order valence-corrected chi connectivity index (χ2v) is 4.05. The number of hydrogen-bond acceptors (Lipinski definition) is 3. The highest BCUT2D eigenvalue weighted by Gasteiger charge is 2.13. The minimum atomic E-state index is -0.509. The van der Waals surface area contributed by atoms with Crippen molar-refractivity contribution in [2.75, 3.05) is 7.11 Å². The van der Waals surface area contributed by atoms with E-state index in [0.29, 0.717) is 15.4 Å². The minimum Gasteiger partial charge on any atom is -0.465 e. The van der Waals surface area contributed by atoms with Gasteiger partial charge in [-0.15, -0.1) is 0 Å². The molecule has 0 spiro atoms. The Morgan fingerprint density at radius 2 is 2.25 bits per heavy atom. The van der Waals surface area contributed by atoms with Crippen molar-refractivity contribution >= 4 is 32.8 Å². The van der Waals surface area contributed by atoms with E-state index in [1.807, 2.05) is 0 Å². The van der Waals surface area contributed by atoms with Crippen LogP contribution in [0, 0.1) is 5.82 Å². The molecule has 0 fully saturated rings. The van der Waals surface area contributed by atoms with Gasteiger partial charge in [0.25, 0.3) is 0 Å². The molecule has 5 heteroatoms. The van der Waals surface area contributed by atoms with E-state index in [9.17, 15) is 9.18 Å². The third-order valence-electron chi connectivity index (χ3n) is 2.17. The Morgan fingerprint density at radius 3 is 2.94 bits per heavy atom. The van der Waals surface area contributed by atoms with Crippen LogP contribution in [0.5, 0.6) is 0 Å². The molecule has 2 rings (SSSR count). The molecule has 16 heavy (non-hydrogen) atoms. The summed E-state index contributed by atoms with van der Waals surface area (Å²) in [4.78, 5) is 15.4. The van der Waals surface area contributed by atoms with Gasteiger partial charge in [-0.2, -0.15) is 0 Å². The highest BCUT2D eigenvalue weighted by Crippen LogP contribution is 2.24. The van der Waals surface area contributed by atoms with Crippen molar-refractivity contribution in [3.8, 4) is 0 Å². The van der Waals surface area contributed by atoms with E-state index in [4.69, 9.17) is 0 Å².